The van der Waals surface area contributed by atoms with E-state index in [-0.39, 0.29) is 11.6 Å². The van der Waals surface area contributed by atoms with Crippen LogP contribution in [0.3, 0.4) is 0 Å². The number of benzene rings is 1. The maximum Gasteiger partial charge on any atom is 0.246 e. The van der Waals surface area contributed by atoms with E-state index >= 15 is 0 Å². The van der Waals surface area contributed by atoms with Gasteiger partial charge in [-0.3, -0.25) is 4.79 Å². The van der Waals surface area contributed by atoms with Crippen molar-refractivity contribution in [2.75, 3.05) is 18.8 Å². The molecule has 0 saturated heterocycles. The molecule has 0 radical (unpaired) electrons. The SMILES string of the molecule is CC(C)CNC(=O)CNS(=O)(=O)c1c(F)cc(N)cc1F. The Hall–Kier alpha value is -1.74. The Balaban J connectivity index is 2.82. The van der Waals surface area contributed by atoms with Crippen LogP contribution in [0.5, 0.6) is 0 Å². The van der Waals surface area contributed by atoms with Crippen molar-refractivity contribution < 1.29 is 22.0 Å². The van der Waals surface area contributed by atoms with E-state index in [1.54, 1.807) is 0 Å². The van der Waals surface area contributed by atoms with Crippen molar-refractivity contribution in [1.29, 1.82) is 0 Å². The van der Waals surface area contributed by atoms with Crippen LogP contribution in [-0.2, 0) is 14.8 Å². The summed E-state index contributed by atoms with van der Waals surface area (Å²) in [5.74, 6) is -3.04. The highest BCUT2D eigenvalue weighted by Gasteiger charge is 2.25. The Morgan fingerprint density at radius 3 is 2.29 bits per heavy atom. The second-order valence-electron chi connectivity index (χ2n) is 4.84. The summed E-state index contributed by atoms with van der Waals surface area (Å²) >= 11 is 0. The Morgan fingerprint density at radius 2 is 1.81 bits per heavy atom. The highest BCUT2D eigenvalue weighted by Crippen LogP contribution is 2.21. The number of hydrogen-bond donors (Lipinski definition) is 3. The van der Waals surface area contributed by atoms with E-state index in [9.17, 15) is 22.0 Å². The molecule has 0 saturated carbocycles. The molecule has 1 aromatic rings. The molecule has 0 atom stereocenters. The van der Waals surface area contributed by atoms with Crippen LogP contribution in [0, 0.1) is 17.6 Å². The number of amides is 1. The van der Waals surface area contributed by atoms with Crippen molar-refractivity contribution in [2.24, 2.45) is 5.92 Å². The van der Waals surface area contributed by atoms with E-state index < -0.39 is 39.0 Å². The van der Waals surface area contributed by atoms with Crippen molar-refractivity contribution in [3.05, 3.63) is 23.8 Å². The molecule has 0 aliphatic rings. The molecular weight excluding hydrogens is 304 g/mol. The number of carbonyl (C=O) groups is 1. The van der Waals surface area contributed by atoms with Crippen molar-refractivity contribution in [3.63, 3.8) is 0 Å². The number of rotatable bonds is 6. The number of hydrogen-bond acceptors (Lipinski definition) is 4. The Kier molecular flexibility index (Phi) is 5.62. The lowest BCUT2D eigenvalue weighted by Crippen LogP contribution is -2.38. The molecule has 1 amide bonds. The Bertz CT molecular complexity index is 610. The molecular formula is C12H17F2N3O3S. The number of nitrogens with one attached hydrogen (secondary N) is 2. The summed E-state index contributed by atoms with van der Waals surface area (Å²) in [6.45, 7) is 3.48. The Labute approximate surface area is 121 Å². The number of anilines is 1. The van der Waals surface area contributed by atoms with E-state index in [1.165, 1.54) is 0 Å². The lowest BCUT2D eigenvalue weighted by molar-refractivity contribution is -0.120. The summed E-state index contributed by atoms with van der Waals surface area (Å²) in [4.78, 5) is 10.2. The first-order valence-electron chi connectivity index (χ1n) is 6.14. The van der Waals surface area contributed by atoms with Crippen molar-refractivity contribution in [1.82, 2.24) is 10.0 Å². The largest absolute Gasteiger partial charge is 0.399 e. The van der Waals surface area contributed by atoms with Crippen LogP contribution in [0.4, 0.5) is 14.5 Å². The van der Waals surface area contributed by atoms with Crippen molar-refractivity contribution in [2.45, 2.75) is 18.7 Å². The molecule has 0 fully saturated rings. The van der Waals surface area contributed by atoms with Crippen molar-refractivity contribution >= 4 is 21.6 Å². The topological polar surface area (TPSA) is 101 Å². The third kappa shape index (κ3) is 4.94. The number of carbonyl (C=O) groups excluding carboxylic acids is 1. The van der Waals surface area contributed by atoms with Crippen LogP contribution in [0.15, 0.2) is 17.0 Å². The predicted octanol–water partition coefficient (Wildman–Crippen LogP) is 0.597. The predicted molar refractivity (Wildman–Crippen MR) is 73.8 cm³/mol. The maximum atomic E-state index is 13.5. The number of nitrogens with two attached hydrogens (primary N) is 1. The van der Waals surface area contributed by atoms with Crippen molar-refractivity contribution in [3.8, 4) is 0 Å². The highest BCUT2D eigenvalue weighted by molar-refractivity contribution is 7.89. The number of sulfonamides is 1. The Morgan fingerprint density at radius 1 is 1.29 bits per heavy atom. The first-order valence-corrected chi connectivity index (χ1v) is 7.62. The van der Waals surface area contributed by atoms with Gasteiger partial charge in [0.15, 0.2) is 4.90 Å². The molecule has 118 valence electrons. The van der Waals surface area contributed by atoms with Gasteiger partial charge in [0.2, 0.25) is 15.9 Å². The highest BCUT2D eigenvalue weighted by atomic mass is 32.2. The summed E-state index contributed by atoms with van der Waals surface area (Å²) in [6, 6.07) is 1.38. The van der Waals surface area contributed by atoms with E-state index in [1.807, 2.05) is 18.6 Å². The minimum atomic E-state index is -4.49. The summed E-state index contributed by atoms with van der Waals surface area (Å²) in [5.41, 5.74) is 4.96. The molecule has 1 rings (SSSR count). The fourth-order valence-electron chi connectivity index (χ4n) is 1.45. The average molecular weight is 321 g/mol. The van der Waals surface area contributed by atoms with Crippen LogP contribution in [0.2, 0.25) is 0 Å². The van der Waals surface area contributed by atoms with E-state index in [4.69, 9.17) is 5.73 Å². The van der Waals surface area contributed by atoms with Crippen LogP contribution >= 0.6 is 0 Å². The molecule has 4 N–H and O–H groups in total. The molecule has 0 aromatic heterocycles. The fraction of sp³-hybridized carbons (Fsp3) is 0.417. The van der Waals surface area contributed by atoms with Gasteiger partial charge in [-0.15, -0.1) is 0 Å². The summed E-state index contributed by atoms with van der Waals surface area (Å²) in [7, 11) is -4.49. The minimum Gasteiger partial charge on any atom is -0.399 e. The van der Waals surface area contributed by atoms with Crippen LogP contribution < -0.4 is 15.8 Å². The molecule has 9 heteroatoms. The van der Waals surface area contributed by atoms with Gasteiger partial charge in [0.05, 0.1) is 6.54 Å². The summed E-state index contributed by atoms with van der Waals surface area (Å²) < 4.78 is 52.6. The van der Waals surface area contributed by atoms with Crippen LogP contribution in [0.25, 0.3) is 0 Å². The normalized spacial score (nSPS) is 11.7. The van der Waals surface area contributed by atoms with Gasteiger partial charge in [-0.2, -0.15) is 0 Å². The molecule has 0 aliphatic heterocycles. The number of nitrogen functional groups attached to an aromatic ring is 1. The molecule has 0 bridgehead atoms. The standard InChI is InChI=1S/C12H17F2N3O3S/c1-7(2)5-16-11(18)6-17-21(19,20)12-9(13)3-8(15)4-10(12)14/h3-4,7,17H,5-6,15H2,1-2H3,(H,16,18). The lowest BCUT2D eigenvalue weighted by atomic mass is 10.2. The van der Waals surface area contributed by atoms with Gasteiger partial charge in [0.25, 0.3) is 0 Å². The molecule has 0 aliphatic carbocycles. The second kappa shape index (κ2) is 6.81. The van der Waals surface area contributed by atoms with Gasteiger partial charge >= 0.3 is 0 Å². The smallest absolute Gasteiger partial charge is 0.246 e. The first-order chi connectivity index (χ1) is 9.63. The second-order valence-corrected chi connectivity index (χ2v) is 6.54. The summed E-state index contributed by atoms with van der Waals surface area (Å²) in [6.07, 6.45) is 0. The molecule has 21 heavy (non-hydrogen) atoms. The van der Waals surface area contributed by atoms with Gasteiger partial charge in [0, 0.05) is 12.2 Å². The maximum absolute atomic E-state index is 13.5. The van der Waals surface area contributed by atoms with Gasteiger partial charge in [-0.25, -0.2) is 21.9 Å². The molecule has 1 aromatic carbocycles. The fourth-order valence-corrected chi connectivity index (χ4v) is 2.55. The minimum absolute atomic E-state index is 0.192. The van der Waals surface area contributed by atoms with E-state index in [2.05, 4.69) is 5.32 Å². The van der Waals surface area contributed by atoms with Crippen LogP contribution in [0.1, 0.15) is 13.8 Å². The van der Waals surface area contributed by atoms with Gasteiger partial charge in [-0.1, -0.05) is 13.8 Å². The zero-order chi connectivity index (χ0) is 16.2. The monoisotopic (exact) mass is 321 g/mol. The van der Waals surface area contributed by atoms with Gasteiger partial charge in [-0.05, 0) is 18.1 Å². The molecule has 0 spiro atoms. The zero-order valence-corrected chi connectivity index (χ0v) is 12.4. The third-order valence-corrected chi connectivity index (χ3v) is 3.87. The molecule has 0 unspecified atom stereocenters. The van der Waals surface area contributed by atoms with E-state index in [0.717, 1.165) is 0 Å². The molecule has 6 nitrogen and oxygen atoms in total. The van der Waals surface area contributed by atoms with Crippen LogP contribution in [-0.4, -0.2) is 27.4 Å². The zero-order valence-electron chi connectivity index (χ0n) is 11.6. The van der Waals surface area contributed by atoms with Gasteiger partial charge < -0.3 is 11.1 Å². The average Bonchev–Trinajstić information content (AvgIpc) is 2.32. The third-order valence-electron chi connectivity index (χ3n) is 2.42. The van der Waals surface area contributed by atoms with E-state index in [0.29, 0.717) is 18.7 Å². The number of halogens is 2. The quantitative estimate of drug-likeness (QED) is 0.668. The lowest BCUT2D eigenvalue weighted by Gasteiger charge is -2.10. The molecule has 0 heterocycles. The first kappa shape index (κ1) is 17.3. The summed E-state index contributed by atoms with van der Waals surface area (Å²) in [5, 5.41) is 2.47. The van der Waals surface area contributed by atoms with Gasteiger partial charge in [0.1, 0.15) is 11.6 Å².